The van der Waals surface area contributed by atoms with Crippen LogP contribution in [0.15, 0.2) is 30.3 Å². The Morgan fingerprint density at radius 3 is 1.95 bits per heavy atom. The van der Waals surface area contributed by atoms with Gasteiger partial charge in [-0.05, 0) is 39.7 Å². The molecule has 0 saturated heterocycles. The molecule has 8 nitrogen and oxygen atoms in total. The molecule has 3 N–H and O–H groups in total. The van der Waals surface area contributed by atoms with Crippen LogP contribution in [0.3, 0.4) is 0 Å². The molecule has 0 fully saturated rings. The second-order valence-corrected chi connectivity index (χ2v) is 11.0. The van der Waals surface area contributed by atoms with Crippen molar-refractivity contribution in [1.82, 2.24) is 10.6 Å². The SMILES string of the molecule is CCCCCCCCCCCC[C@H](NC(=O)[C@@H](NC(=O)OC(C)(C)C)C(C)OCc1ccccc1)C(=O)O. The fourth-order valence-corrected chi connectivity index (χ4v) is 4.08. The van der Waals surface area contributed by atoms with Gasteiger partial charge in [-0.15, -0.1) is 0 Å². The van der Waals surface area contributed by atoms with E-state index in [1.165, 1.54) is 38.5 Å². The molecular formula is C30H50N2O6. The number of ether oxygens (including phenoxy) is 2. The van der Waals surface area contributed by atoms with Crippen molar-refractivity contribution in [1.29, 1.82) is 0 Å². The van der Waals surface area contributed by atoms with E-state index in [0.29, 0.717) is 12.8 Å². The Hall–Kier alpha value is -2.61. The van der Waals surface area contributed by atoms with Crippen LogP contribution in [0.1, 0.15) is 111 Å². The zero-order valence-corrected chi connectivity index (χ0v) is 24.1. The van der Waals surface area contributed by atoms with Gasteiger partial charge in [0.15, 0.2) is 0 Å². The van der Waals surface area contributed by atoms with Crippen LogP contribution in [0.2, 0.25) is 0 Å². The number of carboxylic acid groups (broad SMARTS) is 1. The molecule has 1 aromatic carbocycles. The quantitative estimate of drug-likeness (QED) is 0.178. The summed E-state index contributed by atoms with van der Waals surface area (Å²) in [5, 5.41) is 14.9. The first-order valence-electron chi connectivity index (χ1n) is 14.2. The summed E-state index contributed by atoms with van der Waals surface area (Å²) < 4.78 is 11.2. The van der Waals surface area contributed by atoms with Gasteiger partial charge in [0.1, 0.15) is 17.7 Å². The first-order chi connectivity index (χ1) is 18.0. The number of carbonyl (C=O) groups excluding carboxylic acids is 2. The van der Waals surface area contributed by atoms with Crippen LogP contribution >= 0.6 is 0 Å². The summed E-state index contributed by atoms with van der Waals surface area (Å²) in [5.41, 5.74) is 0.165. The average Bonchev–Trinajstić information content (AvgIpc) is 2.85. The summed E-state index contributed by atoms with van der Waals surface area (Å²) >= 11 is 0. The largest absolute Gasteiger partial charge is 0.480 e. The Morgan fingerprint density at radius 2 is 1.42 bits per heavy atom. The Kier molecular flexibility index (Phi) is 16.4. The normalized spacial score (nSPS) is 13.8. The van der Waals surface area contributed by atoms with Gasteiger partial charge >= 0.3 is 12.1 Å². The number of hydrogen-bond acceptors (Lipinski definition) is 5. The minimum Gasteiger partial charge on any atom is -0.480 e. The van der Waals surface area contributed by atoms with E-state index in [2.05, 4.69) is 17.6 Å². The maximum Gasteiger partial charge on any atom is 0.408 e. The minimum atomic E-state index is -1.12. The van der Waals surface area contributed by atoms with Crippen molar-refractivity contribution in [3.05, 3.63) is 35.9 Å². The van der Waals surface area contributed by atoms with E-state index in [9.17, 15) is 19.5 Å². The number of carboxylic acids is 1. The van der Waals surface area contributed by atoms with Gasteiger partial charge < -0.3 is 25.2 Å². The third-order valence-corrected chi connectivity index (χ3v) is 6.24. The van der Waals surface area contributed by atoms with Crippen LogP contribution in [0.4, 0.5) is 4.79 Å². The lowest BCUT2D eigenvalue weighted by Gasteiger charge is -2.28. The molecule has 0 aliphatic heterocycles. The second kappa shape index (κ2) is 18.6. The molecular weight excluding hydrogens is 484 g/mol. The van der Waals surface area contributed by atoms with Gasteiger partial charge in [0.2, 0.25) is 5.91 Å². The number of unbranched alkanes of at least 4 members (excludes halogenated alkanes) is 9. The van der Waals surface area contributed by atoms with Crippen LogP contribution in [-0.4, -0.2) is 46.9 Å². The number of hydrogen-bond donors (Lipinski definition) is 3. The van der Waals surface area contributed by atoms with Crippen LogP contribution in [-0.2, 0) is 25.7 Å². The summed E-state index contributed by atoms with van der Waals surface area (Å²) in [4.78, 5) is 37.5. The van der Waals surface area contributed by atoms with E-state index in [4.69, 9.17) is 9.47 Å². The molecule has 0 bridgehead atoms. The number of amides is 2. The monoisotopic (exact) mass is 534 g/mol. The van der Waals surface area contributed by atoms with Crippen molar-refractivity contribution in [2.45, 2.75) is 136 Å². The van der Waals surface area contributed by atoms with Gasteiger partial charge in [-0.1, -0.05) is 101 Å². The first kappa shape index (κ1) is 33.4. The number of carbonyl (C=O) groups is 3. The topological polar surface area (TPSA) is 114 Å². The van der Waals surface area contributed by atoms with E-state index in [1.807, 2.05) is 30.3 Å². The third kappa shape index (κ3) is 15.6. The van der Waals surface area contributed by atoms with E-state index in [0.717, 1.165) is 24.8 Å². The first-order valence-corrected chi connectivity index (χ1v) is 14.2. The van der Waals surface area contributed by atoms with Crippen LogP contribution in [0, 0.1) is 0 Å². The number of rotatable bonds is 19. The number of alkyl carbamates (subject to hydrolysis) is 1. The molecule has 0 aromatic heterocycles. The maximum absolute atomic E-state index is 13.2. The smallest absolute Gasteiger partial charge is 0.408 e. The summed E-state index contributed by atoms with van der Waals surface area (Å²) in [6.45, 7) is 9.30. The highest BCUT2D eigenvalue weighted by Gasteiger charge is 2.32. The average molecular weight is 535 g/mol. The van der Waals surface area contributed by atoms with Crippen molar-refractivity contribution >= 4 is 18.0 Å². The lowest BCUT2D eigenvalue weighted by atomic mass is 10.0. The molecule has 0 radical (unpaired) electrons. The van der Waals surface area contributed by atoms with Crippen molar-refractivity contribution in [3.63, 3.8) is 0 Å². The molecule has 1 unspecified atom stereocenters. The molecule has 3 atom stereocenters. The number of nitrogens with one attached hydrogen (secondary N) is 2. The summed E-state index contributed by atoms with van der Waals surface area (Å²) in [6.07, 6.45) is 10.3. The van der Waals surface area contributed by atoms with Gasteiger partial charge in [-0.3, -0.25) is 4.79 Å². The highest BCUT2D eigenvalue weighted by molar-refractivity contribution is 5.89. The molecule has 1 rings (SSSR count). The number of aliphatic carboxylic acids is 1. The molecule has 0 aliphatic rings. The van der Waals surface area contributed by atoms with Gasteiger partial charge in [0, 0.05) is 0 Å². The van der Waals surface area contributed by atoms with Crippen LogP contribution < -0.4 is 10.6 Å². The van der Waals surface area contributed by atoms with E-state index < -0.39 is 41.8 Å². The predicted molar refractivity (Wildman–Crippen MR) is 150 cm³/mol. The van der Waals surface area contributed by atoms with Gasteiger partial charge in [-0.25, -0.2) is 9.59 Å². The summed E-state index contributed by atoms with van der Waals surface area (Å²) in [7, 11) is 0. The third-order valence-electron chi connectivity index (χ3n) is 6.24. The lowest BCUT2D eigenvalue weighted by molar-refractivity contribution is -0.143. The maximum atomic E-state index is 13.2. The van der Waals surface area contributed by atoms with Crippen LogP contribution in [0.5, 0.6) is 0 Å². The fraction of sp³-hybridized carbons (Fsp3) is 0.700. The lowest BCUT2D eigenvalue weighted by Crippen LogP contribution is -2.56. The zero-order chi connectivity index (χ0) is 28.4. The van der Waals surface area contributed by atoms with Crippen molar-refractivity contribution < 1.29 is 29.0 Å². The molecule has 216 valence electrons. The van der Waals surface area contributed by atoms with Crippen molar-refractivity contribution in [3.8, 4) is 0 Å². The second-order valence-electron chi connectivity index (χ2n) is 11.0. The van der Waals surface area contributed by atoms with Crippen LogP contribution in [0.25, 0.3) is 0 Å². The highest BCUT2D eigenvalue weighted by atomic mass is 16.6. The molecule has 38 heavy (non-hydrogen) atoms. The summed E-state index contributed by atoms with van der Waals surface area (Å²) in [6, 6.07) is 7.30. The van der Waals surface area contributed by atoms with E-state index in [1.54, 1.807) is 27.7 Å². The Labute approximate surface area is 229 Å². The predicted octanol–water partition coefficient (Wildman–Crippen LogP) is 6.37. The molecule has 0 aliphatic carbocycles. The molecule has 0 saturated carbocycles. The Balaban J connectivity index is 2.64. The van der Waals surface area contributed by atoms with Gasteiger partial charge in [-0.2, -0.15) is 0 Å². The molecule has 0 heterocycles. The molecule has 2 amide bonds. The zero-order valence-electron chi connectivity index (χ0n) is 24.1. The minimum absolute atomic E-state index is 0.239. The molecule has 0 spiro atoms. The molecule has 8 heteroatoms. The standard InChI is InChI=1S/C30H50N2O6/c1-6-7-8-9-10-11-12-13-14-18-21-25(28(34)35)31-27(33)26(32-29(36)38-30(3,4)5)23(2)37-22-24-19-16-15-17-20-24/h15-17,19-20,23,25-26H,6-14,18,21-22H2,1-5H3,(H,31,33)(H,32,36)(H,34,35)/t23?,25-,26-/m0/s1. The van der Waals surface area contributed by atoms with Crippen molar-refractivity contribution in [2.24, 2.45) is 0 Å². The van der Waals surface area contributed by atoms with Gasteiger partial charge in [0.25, 0.3) is 0 Å². The van der Waals surface area contributed by atoms with E-state index in [-0.39, 0.29) is 6.61 Å². The van der Waals surface area contributed by atoms with E-state index >= 15 is 0 Å². The van der Waals surface area contributed by atoms with Crippen molar-refractivity contribution in [2.75, 3.05) is 0 Å². The fourth-order valence-electron chi connectivity index (χ4n) is 4.08. The highest BCUT2D eigenvalue weighted by Crippen LogP contribution is 2.14. The molecule has 1 aromatic rings. The Bertz CT molecular complexity index is 809. The number of benzene rings is 1. The Morgan fingerprint density at radius 1 is 0.868 bits per heavy atom. The van der Waals surface area contributed by atoms with Gasteiger partial charge in [0.05, 0.1) is 12.7 Å². The summed E-state index contributed by atoms with van der Waals surface area (Å²) in [5.74, 6) is -1.71.